The molecule has 0 bridgehead atoms. The second-order valence-electron chi connectivity index (χ2n) is 4.17. The Balaban J connectivity index is 2.45. The lowest BCUT2D eigenvalue weighted by molar-refractivity contribution is 0.334. The first-order valence-corrected chi connectivity index (χ1v) is 4.92. The first-order chi connectivity index (χ1) is 5.16. The van der Waals surface area contributed by atoms with Crippen LogP contribution in [0.2, 0.25) is 0 Å². The monoisotopic (exact) mass is 155 g/mol. The predicted molar refractivity (Wildman–Crippen MR) is 49.3 cm³/mol. The highest BCUT2D eigenvalue weighted by molar-refractivity contribution is 4.88. The SMILES string of the molecule is CCCC1CC(N)C(C)C1C. The van der Waals surface area contributed by atoms with E-state index in [0.717, 1.165) is 17.8 Å². The normalized spacial score (nSPS) is 44.7. The van der Waals surface area contributed by atoms with Crippen LogP contribution in [0.1, 0.15) is 40.0 Å². The van der Waals surface area contributed by atoms with Crippen molar-refractivity contribution in [1.82, 2.24) is 0 Å². The van der Waals surface area contributed by atoms with Crippen LogP contribution in [-0.2, 0) is 0 Å². The minimum Gasteiger partial charge on any atom is -0.327 e. The zero-order valence-corrected chi connectivity index (χ0v) is 8.01. The quantitative estimate of drug-likeness (QED) is 0.651. The highest BCUT2D eigenvalue weighted by Gasteiger charge is 2.34. The van der Waals surface area contributed by atoms with Gasteiger partial charge in [0.1, 0.15) is 0 Å². The van der Waals surface area contributed by atoms with E-state index in [1.807, 2.05) is 0 Å². The van der Waals surface area contributed by atoms with E-state index in [9.17, 15) is 0 Å². The molecule has 0 radical (unpaired) electrons. The number of hydrogen-bond acceptors (Lipinski definition) is 1. The minimum atomic E-state index is 0.474. The van der Waals surface area contributed by atoms with Gasteiger partial charge in [-0.1, -0.05) is 33.6 Å². The van der Waals surface area contributed by atoms with E-state index in [-0.39, 0.29) is 0 Å². The zero-order chi connectivity index (χ0) is 8.43. The summed E-state index contributed by atoms with van der Waals surface area (Å²) in [5.41, 5.74) is 5.99. The molecular weight excluding hydrogens is 134 g/mol. The molecule has 1 fully saturated rings. The van der Waals surface area contributed by atoms with Gasteiger partial charge in [-0.25, -0.2) is 0 Å². The highest BCUT2D eigenvalue weighted by Crippen LogP contribution is 2.38. The second kappa shape index (κ2) is 3.57. The van der Waals surface area contributed by atoms with Crippen LogP contribution in [0, 0.1) is 17.8 Å². The molecule has 4 unspecified atom stereocenters. The fraction of sp³-hybridized carbons (Fsp3) is 1.00. The highest BCUT2D eigenvalue weighted by atomic mass is 14.7. The molecule has 1 rings (SSSR count). The lowest BCUT2D eigenvalue weighted by atomic mass is 9.89. The van der Waals surface area contributed by atoms with Gasteiger partial charge in [-0.2, -0.15) is 0 Å². The summed E-state index contributed by atoms with van der Waals surface area (Å²) in [6, 6.07) is 0.474. The second-order valence-corrected chi connectivity index (χ2v) is 4.17. The standard InChI is InChI=1S/C10H21N/c1-4-5-9-6-10(11)8(3)7(9)2/h7-10H,4-6,11H2,1-3H3. The van der Waals surface area contributed by atoms with Crippen molar-refractivity contribution in [2.45, 2.75) is 46.1 Å². The molecule has 1 nitrogen and oxygen atoms in total. The minimum absolute atomic E-state index is 0.474. The summed E-state index contributed by atoms with van der Waals surface area (Å²) in [7, 11) is 0. The molecule has 11 heavy (non-hydrogen) atoms. The van der Waals surface area contributed by atoms with Crippen LogP contribution in [0.15, 0.2) is 0 Å². The van der Waals surface area contributed by atoms with Crippen molar-refractivity contribution in [3.05, 3.63) is 0 Å². The van der Waals surface area contributed by atoms with Gasteiger partial charge >= 0.3 is 0 Å². The largest absolute Gasteiger partial charge is 0.327 e. The first kappa shape index (κ1) is 9.05. The third-order valence-corrected chi connectivity index (χ3v) is 3.48. The van der Waals surface area contributed by atoms with E-state index in [4.69, 9.17) is 5.73 Å². The van der Waals surface area contributed by atoms with Gasteiger partial charge in [0.15, 0.2) is 0 Å². The summed E-state index contributed by atoms with van der Waals surface area (Å²) in [6.07, 6.45) is 3.95. The lowest BCUT2D eigenvalue weighted by Crippen LogP contribution is -2.24. The van der Waals surface area contributed by atoms with E-state index in [0.29, 0.717) is 6.04 Å². The Hall–Kier alpha value is -0.0400. The molecule has 0 aromatic rings. The molecule has 2 N–H and O–H groups in total. The van der Waals surface area contributed by atoms with Crippen LogP contribution in [0.3, 0.4) is 0 Å². The molecule has 0 aromatic heterocycles. The molecule has 0 saturated heterocycles. The molecule has 66 valence electrons. The molecule has 0 amide bonds. The molecule has 0 heterocycles. The van der Waals surface area contributed by atoms with Crippen molar-refractivity contribution < 1.29 is 0 Å². The van der Waals surface area contributed by atoms with Gasteiger partial charge in [0.25, 0.3) is 0 Å². The van der Waals surface area contributed by atoms with Crippen molar-refractivity contribution >= 4 is 0 Å². The third kappa shape index (κ3) is 1.76. The summed E-state index contributed by atoms with van der Waals surface area (Å²) < 4.78 is 0. The Bertz CT molecular complexity index is 122. The van der Waals surface area contributed by atoms with Gasteiger partial charge < -0.3 is 5.73 Å². The van der Waals surface area contributed by atoms with Gasteiger partial charge in [0, 0.05) is 6.04 Å². The van der Waals surface area contributed by atoms with Gasteiger partial charge in [-0.3, -0.25) is 0 Å². The Morgan fingerprint density at radius 3 is 2.27 bits per heavy atom. The maximum absolute atomic E-state index is 5.99. The maximum atomic E-state index is 5.99. The summed E-state index contributed by atoms with van der Waals surface area (Å²) in [5.74, 6) is 2.50. The van der Waals surface area contributed by atoms with E-state index >= 15 is 0 Å². The van der Waals surface area contributed by atoms with E-state index in [1.165, 1.54) is 19.3 Å². The molecular formula is C10H21N. The van der Waals surface area contributed by atoms with Crippen molar-refractivity contribution in [3.8, 4) is 0 Å². The third-order valence-electron chi connectivity index (χ3n) is 3.48. The van der Waals surface area contributed by atoms with Crippen LogP contribution in [-0.4, -0.2) is 6.04 Å². The van der Waals surface area contributed by atoms with E-state index in [1.54, 1.807) is 0 Å². The van der Waals surface area contributed by atoms with E-state index in [2.05, 4.69) is 20.8 Å². The van der Waals surface area contributed by atoms with Crippen molar-refractivity contribution in [1.29, 1.82) is 0 Å². The van der Waals surface area contributed by atoms with Crippen LogP contribution >= 0.6 is 0 Å². The Morgan fingerprint density at radius 2 is 1.91 bits per heavy atom. The van der Waals surface area contributed by atoms with Crippen LogP contribution in [0.25, 0.3) is 0 Å². The fourth-order valence-electron chi connectivity index (χ4n) is 2.35. The lowest BCUT2D eigenvalue weighted by Gasteiger charge is -2.17. The average molecular weight is 155 g/mol. The molecule has 4 atom stereocenters. The van der Waals surface area contributed by atoms with E-state index < -0.39 is 0 Å². The van der Waals surface area contributed by atoms with Gasteiger partial charge in [0.2, 0.25) is 0 Å². The summed E-state index contributed by atoms with van der Waals surface area (Å²) in [4.78, 5) is 0. The molecule has 0 spiro atoms. The Labute approximate surface area is 70.4 Å². The van der Waals surface area contributed by atoms with Crippen molar-refractivity contribution in [2.75, 3.05) is 0 Å². The molecule has 1 aliphatic carbocycles. The van der Waals surface area contributed by atoms with Crippen molar-refractivity contribution in [2.24, 2.45) is 23.5 Å². The molecule has 0 aromatic carbocycles. The van der Waals surface area contributed by atoms with Gasteiger partial charge in [-0.15, -0.1) is 0 Å². The number of rotatable bonds is 2. The smallest absolute Gasteiger partial charge is 0.00699 e. The average Bonchev–Trinajstić information content (AvgIpc) is 2.19. The summed E-state index contributed by atoms with van der Waals surface area (Å²) in [6.45, 7) is 6.92. The number of nitrogens with two attached hydrogens (primary N) is 1. The zero-order valence-electron chi connectivity index (χ0n) is 8.01. The topological polar surface area (TPSA) is 26.0 Å². The molecule has 1 heteroatoms. The summed E-state index contributed by atoms with van der Waals surface area (Å²) in [5, 5.41) is 0. The summed E-state index contributed by atoms with van der Waals surface area (Å²) >= 11 is 0. The molecule has 0 aliphatic heterocycles. The van der Waals surface area contributed by atoms with Crippen molar-refractivity contribution in [3.63, 3.8) is 0 Å². The van der Waals surface area contributed by atoms with Gasteiger partial charge in [-0.05, 0) is 24.2 Å². The van der Waals surface area contributed by atoms with Gasteiger partial charge in [0.05, 0.1) is 0 Å². The predicted octanol–water partition coefficient (Wildman–Crippen LogP) is 2.41. The Kier molecular flexibility index (Phi) is 2.94. The molecule has 1 saturated carbocycles. The fourth-order valence-corrected chi connectivity index (χ4v) is 2.35. The first-order valence-electron chi connectivity index (χ1n) is 4.92. The molecule has 1 aliphatic rings. The van der Waals surface area contributed by atoms with Crippen LogP contribution in [0.4, 0.5) is 0 Å². The maximum Gasteiger partial charge on any atom is 0.00699 e. The number of hydrogen-bond donors (Lipinski definition) is 1. The Morgan fingerprint density at radius 1 is 1.27 bits per heavy atom. The van der Waals surface area contributed by atoms with Crippen LogP contribution in [0.5, 0.6) is 0 Å². The van der Waals surface area contributed by atoms with Crippen LogP contribution < -0.4 is 5.73 Å².